The van der Waals surface area contributed by atoms with Crippen molar-refractivity contribution < 1.29 is 0 Å². The van der Waals surface area contributed by atoms with Crippen LogP contribution in [-0.2, 0) is 6.54 Å². The molecule has 1 aromatic carbocycles. The van der Waals surface area contributed by atoms with Crippen LogP contribution in [-0.4, -0.2) is 18.6 Å². The lowest BCUT2D eigenvalue weighted by molar-refractivity contribution is 0.527. The van der Waals surface area contributed by atoms with Crippen molar-refractivity contribution >= 4 is 0 Å². The van der Waals surface area contributed by atoms with E-state index in [0.29, 0.717) is 6.04 Å². The minimum absolute atomic E-state index is 0.336. The van der Waals surface area contributed by atoms with Crippen molar-refractivity contribution in [3.8, 4) is 0 Å². The molecule has 94 valence electrons. The Labute approximate surface area is 108 Å². The third kappa shape index (κ3) is 3.65. The number of nitrogens with one attached hydrogen (secondary N) is 2. The topological polar surface area (TPSA) is 37.0 Å². The van der Waals surface area contributed by atoms with Crippen molar-refractivity contribution in [2.75, 3.05) is 13.6 Å². The Morgan fingerprint density at radius 1 is 1.11 bits per heavy atom. The maximum Gasteiger partial charge on any atom is 0.0444 e. The predicted molar refractivity (Wildman–Crippen MR) is 74.2 cm³/mol. The standard InChI is InChI=1S/C15H19N3/c1-16-15(14-7-3-2-4-8-14)12-18-11-13-6-5-9-17-10-13/h2-10,15-16,18H,11-12H2,1H3/t15-/m1/s1. The van der Waals surface area contributed by atoms with E-state index in [-0.39, 0.29) is 0 Å². The molecular formula is C15H19N3. The SMILES string of the molecule is CN[C@H](CNCc1cccnc1)c1ccccc1. The molecule has 1 aromatic heterocycles. The maximum absolute atomic E-state index is 4.11. The second kappa shape index (κ2) is 6.89. The molecule has 0 aliphatic rings. The second-order valence-electron chi connectivity index (χ2n) is 4.24. The quantitative estimate of drug-likeness (QED) is 0.813. The first-order valence-electron chi connectivity index (χ1n) is 6.22. The van der Waals surface area contributed by atoms with Gasteiger partial charge in [0.05, 0.1) is 0 Å². The van der Waals surface area contributed by atoms with Crippen molar-refractivity contribution in [1.29, 1.82) is 0 Å². The summed E-state index contributed by atoms with van der Waals surface area (Å²) in [4.78, 5) is 4.11. The zero-order valence-electron chi connectivity index (χ0n) is 10.6. The van der Waals surface area contributed by atoms with Gasteiger partial charge < -0.3 is 10.6 Å². The van der Waals surface area contributed by atoms with E-state index < -0.39 is 0 Å². The van der Waals surface area contributed by atoms with E-state index in [1.165, 1.54) is 11.1 Å². The van der Waals surface area contributed by atoms with Crippen molar-refractivity contribution in [3.63, 3.8) is 0 Å². The van der Waals surface area contributed by atoms with Gasteiger partial charge in [-0.2, -0.15) is 0 Å². The number of hydrogen-bond acceptors (Lipinski definition) is 3. The summed E-state index contributed by atoms with van der Waals surface area (Å²) in [5.41, 5.74) is 2.51. The molecule has 0 unspecified atom stereocenters. The molecule has 0 radical (unpaired) electrons. The first-order valence-corrected chi connectivity index (χ1v) is 6.22. The van der Waals surface area contributed by atoms with Crippen LogP contribution >= 0.6 is 0 Å². The summed E-state index contributed by atoms with van der Waals surface area (Å²) in [6, 6.07) is 14.9. The van der Waals surface area contributed by atoms with Crippen molar-refractivity contribution in [3.05, 3.63) is 66.0 Å². The lowest BCUT2D eigenvalue weighted by atomic mass is 10.1. The van der Waals surface area contributed by atoms with E-state index >= 15 is 0 Å². The average molecular weight is 241 g/mol. The molecule has 0 aliphatic carbocycles. The van der Waals surface area contributed by atoms with E-state index in [1.807, 2.05) is 25.4 Å². The fourth-order valence-corrected chi connectivity index (χ4v) is 1.94. The van der Waals surface area contributed by atoms with Gasteiger partial charge >= 0.3 is 0 Å². The van der Waals surface area contributed by atoms with Gasteiger partial charge in [-0.25, -0.2) is 0 Å². The van der Waals surface area contributed by atoms with Gasteiger partial charge in [0.2, 0.25) is 0 Å². The Morgan fingerprint density at radius 2 is 1.94 bits per heavy atom. The molecule has 2 aromatic rings. The average Bonchev–Trinajstić information content (AvgIpc) is 2.46. The van der Waals surface area contributed by atoms with Gasteiger partial charge in [-0.3, -0.25) is 4.98 Å². The minimum Gasteiger partial charge on any atom is -0.312 e. The van der Waals surface area contributed by atoms with Crippen LogP contribution < -0.4 is 10.6 Å². The fourth-order valence-electron chi connectivity index (χ4n) is 1.94. The summed E-state index contributed by atoms with van der Waals surface area (Å²) < 4.78 is 0. The molecule has 1 heterocycles. The van der Waals surface area contributed by atoms with Gasteiger partial charge in [-0.1, -0.05) is 36.4 Å². The Hall–Kier alpha value is -1.71. The molecule has 0 aliphatic heterocycles. The van der Waals surface area contributed by atoms with Crippen LogP contribution in [0.4, 0.5) is 0 Å². The van der Waals surface area contributed by atoms with Crippen molar-refractivity contribution in [2.24, 2.45) is 0 Å². The Balaban J connectivity index is 1.85. The number of hydrogen-bond donors (Lipinski definition) is 2. The number of benzene rings is 1. The molecule has 3 heteroatoms. The number of pyridine rings is 1. The number of nitrogens with zero attached hydrogens (tertiary/aromatic N) is 1. The normalized spacial score (nSPS) is 12.3. The molecule has 0 bridgehead atoms. The predicted octanol–water partition coefficient (Wildman–Crippen LogP) is 2.13. The van der Waals surface area contributed by atoms with Gasteiger partial charge in [0.25, 0.3) is 0 Å². The molecule has 0 fully saturated rings. The van der Waals surface area contributed by atoms with Gasteiger partial charge in [0.15, 0.2) is 0 Å². The molecule has 3 nitrogen and oxygen atoms in total. The Bertz CT molecular complexity index is 442. The first kappa shape index (κ1) is 12.7. The van der Waals surface area contributed by atoms with Gasteiger partial charge in [0.1, 0.15) is 0 Å². The molecule has 0 saturated heterocycles. The monoisotopic (exact) mass is 241 g/mol. The summed E-state index contributed by atoms with van der Waals surface area (Å²) >= 11 is 0. The highest BCUT2D eigenvalue weighted by atomic mass is 15.0. The van der Waals surface area contributed by atoms with Crippen LogP contribution in [0.2, 0.25) is 0 Å². The third-order valence-electron chi connectivity index (χ3n) is 2.95. The summed E-state index contributed by atoms with van der Waals surface area (Å²) in [5.74, 6) is 0. The van der Waals surface area contributed by atoms with E-state index in [2.05, 4.69) is 45.9 Å². The van der Waals surface area contributed by atoms with E-state index in [1.54, 1.807) is 6.20 Å². The number of rotatable bonds is 6. The van der Waals surface area contributed by atoms with E-state index in [9.17, 15) is 0 Å². The number of aromatic nitrogens is 1. The Kier molecular flexibility index (Phi) is 4.88. The lowest BCUT2D eigenvalue weighted by Crippen LogP contribution is -2.29. The molecular weight excluding hydrogens is 222 g/mol. The van der Waals surface area contributed by atoms with Crippen LogP contribution in [0.3, 0.4) is 0 Å². The zero-order chi connectivity index (χ0) is 12.6. The Morgan fingerprint density at radius 3 is 2.61 bits per heavy atom. The summed E-state index contributed by atoms with van der Waals surface area (Å²) in [5, 5.41) is 6.78. The third-order valence-corrected chi connectivity index (χ3v) is 2.95. The summed E-state index contributed by atoms with van der Waals surface area (Å²) in [6.45, 7) is 1.74. The zero-order valence-corrected chi connectivity index (χ0v) is 10.6. The van der Waals surface area contributed by atoms with Crippen LogP contribution in [0.15, 0.2) is 54.9 Å². The second-order valence-corrected chi connectivity index (χ2v) is 4.24. The summed E-state index contributed by atoms with van der Waals surface area (Å²) in [7, 11) is 1.99. The highest BCUT2D eigenvalue weighted by Crippen LogP contribution is 2.10. The van der Waals surface area contributed by atoms with E-state index in [0.717, 1.165) is 13.1 Å². The molecule has 0 amide bonds. The highest BCUT2D eigenvalue weighted by Gasteiger charge is 2.07. The van der Waals surface area contributed by atoms with Crippen LogP contribution in [0, 0.1) is 0 Å². The van der Waals surface area contributed by atoms with Crippen LogP contribution in [0.1, 0.15) is 17.2 Å². The molecule has 0 spiro atoms. The minimum atomic E-state index is 0.336. The molecule has 0 saturated carbocycles. The number of likely N-dealkylation sites (N-methyl/N-ethyl adjacent to an activating group) is 1. The largest absolute Gasteiger partial charge is 0.312 e. The molecule has 1 atom stereocenters. The molecule has 18 heavy (non-hydrogen) atoms. The van der Waals surface area contributed by atoms with Crippen LogP contribution in [0.5, 0.6) is 0 Å². The smallest absolute Gasteiger partial charge is 0.0444 e. The molecule has 2 rings (SSSR count). The lowest BCUT2D eigenvalue weighted by Gasteiger charge is -2.17. The van der Waals surface area contributed by atoms with Gasteiger partial charge in [-0.15, -0.1) is 0 Å². The van der Waals surface area contributed by atoms with Gasteiger partial charge in [0, 0.05) is 31.5 Å². The summed E-state index contributed by atoms with van der Waals surface area (Å²) in [6.07, 6.45) is 3.69. The maximum atomic E-state index is 4.11. The van der Waals surface area contributed by atoms with Crippen molar-refractivity contribution in [1.82, 2.24) is 15.6 Å². The first-order chi connectivity index (χ1) is 8.90. The van der Waals surface area contributed by atoms with E-state index in [4.69, 9.17) is 0 Å². The fraction of sp³-hybridized carbons (Fsp3) is 0.267. The van der Waals surface area contributed by atoms with Crippen molar-refractivity contribution in [2.45, 2.75) is 12.6 Å². The molecule has 2 N–H and O–H groups in total. The van der Waals surface area contributed by atoms with Gasteiger partial charge in [-0.05, 0) is 24.2 Å². The highest BCUT2D eigenvalue weighted by molar-refractivity contribution is 5.19. The van der Waals surface area contributed by atoms with Crippen LogP contribution in [0.25, 0.3) is 0 Å².